The summed E-state index contributed by atoms with van der Waals surface area (Å²) in [6.07, 6.45) is 4.24. The normalized spacial score (nSPS) is 27.1. The number of piperidine rings is 1. The van der Waals surface area contributed by atoms with Crippen molar-refractivity contribution in [2.24, 2.45) is 0 Å². The van der Waals surface area contributed by atoms with Crippen molar-refractivity contribution >= 4 is 17.4 Å². The third kappa shape index (κ3) is 3.30. The summed E-state index contributed by atoms with van der Waals surface area (Å²) in [5.41, 5.74) is 0.395. The van der Waals surface area contributed by atoms with Crippen LogP contribution in [0.15, 0.2) is 24.3 Å². The minimum Gasteiger partial charge on any atom is -0.335 e. The number of fused-ring (bicyclic) bond motifs is 2. The van der Waals surface area contributed by atoms with Gasteiger partial charge in [-0.25, -0.2) is 4.79 Å². The molecule has 2 amide bonds. The number of benzene rings is 1. The first-order chi connectivity index (χ1) is 10.1. The standard InChI is InChI=1S/C14H18N4O3/c19-14(16-9-2-1-3-13(8-9)18(20)21)17-12-6-10-4-5-11(7-12)15-10/h1-3,8,10-12,15H,4-7H2,(H2,16,17,19). The lowest BCUT2D eigenvalue weighted by molar-refractivity contribution is -0.384. The average Bonchev–Trinajstić information content (AvgIpc) is 2.78. The summed E-state index contributed by atoms with van der Waals surface area (Å²) < 4.78 is 0. The molecule has 2 aliphatic rings. The van der Waals surface area contributed by atoms with E-state index in [4.69, 9.17) is 0 Å². The minimum absolute atomic E-state index is 0.0345. The lowest BCUT2D eigenvalue weighted by Crippen LogP contribution is -2.49. The molecule has 0 radical (unpaired) electrons. The molecule has 21 heavy (non-hydrogen) atoms. The maximum Gasteiger partial charge on any atom is 0.319 e. The molecule has 7 heteroatoms. The summed E-state index contributed by atoms with van der Waals surface area (Å²) >= 11 is 0. The van der Waals surface area contributed by atoms with Gasteiger partial charge in [0.05, 0.1) is 4.92 Å². The van der Waals surface area contributed by atoms with Gasteiger partial charge in [-0.15, -0.1) is 0 Å². The number of nitro groups is 1. The molecular formula is C14H18N4O3. The summed E-state index contributed by atoms with van der Waals surface area (Å²) in [4.78, 5) is 22.2. The molecule has 3 N–H and O–H groups in total. The molecule has 0 aromatic heterocycles. The Morgan fingerprint density at radius 1 is 1.29 bits per heavy atom. The number of nitrogens with one attached hydrogen (secondary N) is 3. The van der Waals surface area contributed by atoms with Crippen LogP contribution in [-0.4, -0.2) is 29.1 Å². The van der Waals surface area contributed by atoms with Crippen LogP contribution in [0.2, 0.25) is 0 Å². The van der Waals surface area contributed by atoms with Gasteiger partial charge in [-0.2, -0.15) is 0 Å². The highest BCUT2D eigenvalue weighted by Gasteiger charge is 2.33. The summed E-state index contributed by atoms with van der Waals surface area (Å²) in [7, 11) is 0. The fourth-order valence-corrected chi connectivity index (χ4v) is 3.22. The van der Waals surface area contributed by atoms with Gasteiger partial charge < -0.3 is 16.0 Å². The maximum atomic E-state index is 12.0. The Hall–Kier alpha value is -2.15. The number of urea groups is 1. The van der Waals surface area contributed by atoms with E-state index < -0.39 is 4.92 Å². The first-order valence-electron chi connectivity index (χ1n) is 7.18. The number of carbonyl (C=O) groups excluding carboxylic acids is 1. The van der Waals surface area contributed by atoms with Crippen LogP contribution >= 0.6 is 0 Å². The number of nitro benzene ring substituents is 1. The molecule has 2 unspecified atom stereocenters. The molecule has 1 aromatic rings. The van der Waals surface area contributed by atoms with Gasteiger partial charge in [0.1, 0.15) is 0 Å². The predicted octanol–water partition coefficient (Wildman–Crippen LogP) is 2.00. The van der Waals surface area contributed by atoms with Crippen LogP contribution in [0.25, 0.3) is 0 Å². The van der Waals surface area contributed by atoms with Crippen LogP contribution in [0, 0.1) is 10.1 Å². The molecule has 0 spiro atoms. The highest BCUT2D eigenvalue weighted by Crippen LogP contribution is 2.26. The van der Waals surface area contributed by atoms with E-state index in [9.17, 15) is 14.9 Å². The van der Waals surface area contributed by atoms with E-state index in [-0.39, 0.29) is 17.8 Å². The van der Waals surface area contributed by atoms with Crippen molar-refractivity contribution < 1.29 is 9.72 Å². The minimum atomic E-state index is -0.479. The Bertz CT molecular complexity index is 551. The van der Waals surface area contributed by atoms with E-state index in [1.54, 1.807) is 12.1 Å². The third-order valence-corrected chi connectivity index (χ3v) is 4.12. The van der Waals surface area contributed by atoms with Gasteiger partial charge in [0.2, 0.25) is 0 Å². The second-order valence-corrected chi connectivity index (χ2v) is 5.71. The predicted molar refractivity (Wildman–Crippen MR) is 78.2 cm³/mol. The second-order valence-electron chi connectivity index (χ2n) is 5.71. The fraction of sp³-hybridized carbons (Fsp3) is 0.500. The van der Waals surface area contributed by atoms with E-state index >= 15 is 0 Å². The van der Waals surface area contributed by atoms with Crippen LogP contribution in [-0.2, 0) is 0 Å². The number of hydrogen-bond acceptors (Lipinski definition) is 4. The van der Waals surface area contributed by atoms with E-state index in [0.29, 0.717) is 17.8 Å². The number of rotatable bonds is 3. The van der Waals surface area contributed by atoms with E-state index in [2.05, 4.69) is 16.0 Å². The molecule has 3 rings (SSSR count). The van der Waals surface area contributed by atoms with Crippen LogP contribution in [0.5, 0.6) is 0 Å². The zero-order valence-corrected chi connectivity index (χ0v) is 11.5. The van der Waals surface area contributed by atoms with Gasteiger partial charge in [-0.05, 0) is 31.7 Å². The molecule has 2 heterocycles. The first kappa shape index (κ1) is 13.8. The Morgan fingerprint density at radius 2 is 2.00 bits per heavy atom. The summed E-state index contributed by atoms with van der Waals surface area (Å²) in [5, 5.41) is 19.8. The van der Waals surface area contributed by atoms with Crippen molar-refractivity contribution in [3.63, 3.8) is 0 Å². The van der Waals surface area contributed by atoms with Gasteiger partial charge >= 0.3 is 6.03 Å². The highest BCUT2D eigenvalue weighted by atomic mass is 16.6. The van der Waals surface area contributed by atoms with Crippen molar-refractivity contribution in [1.82, 2.24) is 10.6 Å². The SMILES string of the molecule is O=C(Nc1cccc([N+](=O)[O-])c1)NC1CC2CCC(C1)N2. The monoisotopic (exact) mass is 290 g/mol. The van der Waals surface area contributed by atoms with Crippen molar-refractivity contribution in [2.45, 2.75) is 43.8 Å². The molecule has 112 valence electrons. The molecule has 7 nitrogen and oxygen atoms in total. The number of nitrogens with zero attached hydrogens (tertiary/aromatic N) is 1. The summed E-state index contributed by atoms with van der Waals surface area (Å²) in [6.45, 7) is 0. The molecule has 2 fully saturated rings. The fourth-order valence-electron chi connectivity index (χ4n) is 3.22. The third-order valence-electron chi connectivity index (χ3n) is 4.12. The van der Waals surface area contributed by atoms with Gasteiger partial charge in [0.15, 0.2) is 0 Å². The van der Waals surface area contributed by atoms with E-state index in [0.717, 1.165) is 12.8 Å². The Labute approximate surface area is 122 Å². The van der Waals surface area contributed by atoms with Crippen molar-refractivity contribution in [1.29, 1.82) is 0 Å². The van der Waals surface area contributed by atoms with Crippen LogP contribution in [0.1, 0.15) is 25.7 Å². The molecule has 2 atom stereocenters. The number of carbonyl (C=O) groups is 1. The first-order valence-corrected chi connectivity index (χ1v) is 7.18. The van der Waals surface area contributed by atoms with Gasteiger partial charge in [-0.1, -0.05) is 6.07 Å². The lowest BCUT2D eigenvalue weighted by atomic mass is 10.0. The molecule has 2 saturated heterocycles. The zero-order chi connectivity index (χ0) is 14.8. The van der Waals surface area contributed by atoms with Crippen LogP contribution in [0.4, 0.5) is 16.2 Å². The van der Waals surface area contributed by atoms with Crippen LogP contribution < -0.4 is 16.0 Å². The summed E-state index contributed by atoms with van der Waals surface area (Å²) in [6, 6.07) is 6.82. The number of non-ortho nitro benzene ring substituents is 1. The Kier molecular flexibility index (Phi) is 3.74. The van der Waals surface area contributed by atoms with Gasteiger partial charge in [0, 0.05) is 35.9 Å². The largest absolute Gasteiger partial charge is 0.335 e. The molecule has 2 aliphatic heterocycles. The average molecular weight is 290 g/mol. The quantitative estimate of drug-likeness (QED) is 0.586. The topological polar surface area (TPSA) is 96.3 Å². The molecule has 0 saturated carbocycles. The van der Waals surface area contributed by atoms with Crippen LogP contribution in [0.3, 0.4) is 0 Å². The van der Waals surface area contributed by atoms with Gasteiger partial charge in [0.25, 0.3) is 5.69 Å². The molecule has 1 aromatic carbocycles. The zero-order valence-electron chi connectivity index (χ0n) is 11.5. The summed E-state index contributed by atoms with van der Waals surface area (Å²) in [5.74, 6) is 0. The smallest absolute Gasteiger partial charge is 0.319 e. The van der Waals surface area contributed by atoms with Crippen molar-refractivity contribution in [3.8, 4) is 0 Å². The number of hydrogen-bond donors (Lipinski definition) is 3. The van der Waals surface area contributed by atoms with E-state index in [1.807, 2.05) is 0 Å². The lowest BCUT2D eigenvalue weighted by Gasteiger charge is -2.29. The number of anilines is 1. The van der Waals surface area contributed by atoms with E-state index in [1.165, 1.54) is 25.0 Å². The highest BCUT2D eigenvalue weighted by molar-refractivity contribution is 5.89. The maximum absolute atomic E-state index is 12.0. The van der Waals surface area contributed by atoms with Gasteiger partial charge in [-0.3, -0.25) is 10.1 Å². The number of amides is 2. The molecule has 2 bridgehead atoms. The van der Waals surface area contributed by atoms with Crippen molar-refractivity contribution in [2.75, 3.05) is 5.32 Å². The molecule has 0 aliphatic carbocycles. The Balaban J connectivity index is 1.56. The Morgan fingerprint density at radius 3 is 2.67 bits per heavy atom. The second kappa shape index (κ2) is 5.69. The van der Waals surface area contributed by atoms with Crippen molar-refractivity contribution in [3.05, 3.63) is 34.4 Å². The molecular weight excluding hydrogens is 272 g/mol.